The van der Waals surface area contributed by atoms with Gasteiger partial charge in [-0.3, -0.25) is 0 Å². The Morgan fingerprint density at radius 3 is 2.50 bits per heavy atom. The Kier molecular flexibility index (Phi) is 7.48. The summed E-state index contributed by atoms with van der Waals surface area (Å²) in [6.07, 6.45) is 2.95. The number of rotatable bonds is 9. The lowest BCUT2D eigenvalue weighted by molar-refractivity contribution is 0.587. The molecule has 0 saturated heterocycles. The van der Waals surface area contributed by atoms with Gasteiger partial charge in [0.15, 0.2) is 5.96 Å². The Hall–Kier alpha value is -2.84. The summed E-state index contributed by atoms with van der Waals surface area (Å²) in [6.45, 7) is 4.10. The zero-order valence-electron chi connectivity index (χ0n) is 17.4. The Morgan fingerprint density at radius 2 is 1.77 bits per heavy atom. The Bertz CT molecular complexity index is 1090. The number of hydrogen-bond acceptors (Lipinski definition) is 3. The van der Waals surface area contributed by atoms with Crippen molar-refractivity contribution in [1.29, 1.82) is 0 Å². The van der Waals surface area contributed by atoms with Gasteiger partial charge in [-0.1, -0.05) is 42.5 Å². The number of benzene rings is 2. The number of aliphatic imine (C=N–C) groups is 1. The maximum absolute atomic E-state index is 11.6. The summed E-state index contributed by atoms with van der Waals surface area (Å²) in [4.78, 5) is 7.95. The van der Waals surface area contributed by atoms with Crippen LogP contribution in [0.15, 0.2) is 59.7 Å². The maximum atomic E-state index is 11.6. The van der Waals surface area contributed by atoms with E-state index in [1.54, 1.807) is 0 Å². The number of H-pyrrole nitrogens is 1. The highest BCUT2D eigenvalue weighted by atomic mass is 32.2. The van der Waals surface area contributed by atoms with Crippen LogP contribution in [0.5, 0.6) is 0 Å². The van der Waals surface area contributed by atoms with Crippen LogP contribution in [-0.2, 0) is 28.7 Å². The summed E-state index contributed by atoms with van der Waals surface area (Å²) in [5, 5.41) is 7.90. The first-order chi connectivity index (χ1) is 14.5. The van der Waals surface area contributed by atoms with Crippen molar-refractivity contribution >= 4 is 26.9 Å². The fourth-order valence-corrected chi connectivity index (χ4v) is 3.97. The average Bonchev–Trinajstić information content (AvgIpc) is 3.16. The molecule has 30 heavy (non-hydrogen) atoms. The zero-order chi connectivity index (χ0) is 21.4. The minimum atomic E-state index is -3.26. The number of aromatic nitrogens is 1. The van der Waals surface area contributed by atoms with Crippen molar-refractivity contribution in [2.24, 2.45) is 4.99 Å². The van der Waals surface area contributed by atoms with E-state index in [0.29, 0.717) is 6.54 Å². The monoisotopic (exact) mass is 427 g/mol. The summed E-state index contributed by atoms with van der Waals surface area (Å²) in [5.41, 5.74) is 4.20. The van der Waals surface area contributed by atoms with Crippen molar-refractivity contribution in [3.63, 3.8) is 0 Å². The second-order valence-electron chi connectivity index (χ2n) is 7.01. The second kappa shape index (κ2) is 10.3. The third-order valence-corrected chi connectivity index (χ3v) is 6.15. The summed E-state index contributed by atoms with van der Waals surface area (Å²) in [6, 6.07) is 15.8. The van der Waals surface area contributed by atoms with Gasteiger partial charge in [-0.05, 0) is 43.1 Å². The first-order valence-corrected chi connectivity index (χ1v) is 11.7. The highest BCUT2D eigenvalue weighted by molar-refractivity contribution is 7.88. The molecule has 0 aliphatic heterocycles. The molecular weight excluding hydrogens is 398 g/mol. The first-order valence-electron chi connectivity index (χ1n) is 10.1. The molecule has 0 atom stereocenters. The Morgan fingerprint density at radius 1 is 1.03 bits per heavy atom. The molecule has 160 valence electrons. The number of hydrogen-bond donors (Lipinski definition) is 4. The van der Waals surface area contributed by atoms with E-state index >= 15 is 0 Å². The van der Waals surface area contributed by atoms with E-state index in [1.807, 2.05) is 37.3 Å². The number of nitrogens with one attached hydrogen (secondary N) is 4. The van der Waals surface area contributed by atoms with E-state index in [1.165, 1.54) is 18.0 Å². The minimum absolute atomic E-state index is 0.0227. The third kappa shape index (κ3) is 6.08. The normalized spacial score (nSPS) is 12.3. The largest absolute Gasteiger partial charge is 0.361 e. The number of fused-ring (bicyclic) bond motifs is 1. The zero-order valence-corrected chi connectivity index (χ0v) is 18.2. The van der Waals surface area contributed by atoms with Crippen LogP contribution in [0.1, 0.15) is 23.6 Å². The number of sulfonamides is 1. The van der Waals surface area contributed by atoms with Crippen molar-refractivity contribution in [3.05, 3.63) is 71.4 Å². The van der Waals surface area contributed by atoms with Crippen LogP contribution in [0.2, 0.25) is 0 Å². The van der Waals surface area contributed by atoms with Gasteiger partial charge < -0.3 is 15.6 Å². The summed E-state index contributed by atoms with van der Waals surface area (Å²) >= 11 is 0. The van der Waals surface area contributed by atoms with Gasteiger partial charge in [0.2, 0.25) is 10.0 Å². The Labute approximate surface area is 178 Å². The topological polar surface area (TPSA) is 98.4 Å². The molecule has 4 N–H and O–H groups in total. The molecule has 1 heterocycles. The van der Waals surface area contributed by atoms with Gasteiger partial charge >= 0.3 is 0 Å². The minimum Gasteiger partial charge on any atom is -0.361 e. The van der Waals surface area contributed by atoms with Gasteiger partial charge in [-0.15, -0.1) is 0 Å². The van der Waals surface area contributed by atoms with E-state index < -0.39 is 10.0 Å². The quantitative estimate of drug-likeness (QED) is 0.312. The van der Waals surface area contributed by atoms with Crippen LogP contribution >= 0.6 is 0 Å². The van der Waals surface area contributed by atoms with Gasteiger partial charge in [0.25, 0.3) is 0 Å². The second-order valence-corrected chi connectivity index (χ2v) is 8.94. The summed E-state index contributed by atoms with van der Waals surface area (Å²) in [7, 11) is -1.84. The molecule has 0 unspecified atom stereocenters. The average molecular weight is 428 g/mol. The maximum Gasteiger partial charge on any atom is 0.215 e. The molecule has 8 heteroatoms. The number of guanidine groups is 1. The van der Waals surface area contributed by atoms with Crippen LogP contribution in [0.3, 0.4) is 0 Å². The van der Waals surface area contributed by atoms with Crippen molar-refractivity contribution in [2.75, 3.05) is 20.1 Å². The predicted octanol–water partition coefficient (Wildman–Crippen LogP) is 2.51. The van der Waals surface area contributed by atoms with Crippen LogP contribution < -0.4 is 15.4 Å². The van der Waals surface area contributed by atoms with E-state index in [-0.39, 0.29) is 5.75 Å². The van der Waals surface area contributed by atoms with Crippen LogP contribution in [0.25, 0.3) is 10.9 Å². The SMILES string of the molecule is CCNC(=NCc1ccc(CS(=O)(=O)NC)cc1)NCCc1c[nH]c2ccccc12. The highest BCUT2D eigenvalue weighted by Crippen LogP contribution is 2.17. The van der Waals surface area contributed by atoms with Crippen molar-refractivity contribution < 1.29 is 8.42 Å². The molecule has 0 bridgehead atoms. The van der Waals surface area contributed by atoms with E-state index in [2.05, 4.69) is 49.7 Å². The van der Waals surface area contributed by atoms with E-state index in [0.717, 1.165) is 42.1 Å². The molecule has 0 radical (unpaired) electrons. The summed E-state index contributed by atoms with van der Waals surface area (Å²) in [5.74, 6) is 0.740. The lowest BCUT2D eigenvalue weighted by Crippen LogP contribution is -2.38. The van der Waals surface area contributed by atoms with Crippen LogP contribution in [0.4, 0.5) is 0 Å². The van der Waals surface area contributed by atoms with E-state index in [9.17, 15) is 8.42 Å². The highest BCUT2D eigenvalue weighted by Gasteiger charge is 2.08. The molecule has 3 rings (SSSR count). The molecule has 7 nitrogen and oxygen atoms in total. The lowest BCUT2D eigenvalue weighted by Gasteiger charge is -2.11. The molecule has 0 spiro atoms. The smallest absolute Gasteiger partial charge is 0.215 e. The van der Waals surface area contributed by atoms with Gasteiger partial charge in [-0.25, -0.2) is 18.1 Å². The fourth-order valence-electron chi connectivity index (χ4n) is 3.20. The van der Waals surface area contributed by atoms with E-state index in [4.69, 9.17) is 0 Å². The molecular formula is C22H29N5O2S. The van der Waals surface area contributed by atoms with Gasteiger partial charge in [0, 0.05) is 30.2 Å². The molecule has 0 aliphatic rings. The van der Waals surface area contributed by atoms with Gasteiger partial charge in [-0.2, -0.15) is 0 Å². The van der Waals surface area contributed by atoms with Crippen LogP contribution in [0, 0.1) is 0 Å². The van der Waals surface area contributed by atoms with Gasteiger partial charge in [0.1, 0.15) is 0 Å². The molecule has 2 aromatic carbocycles. The first kappa shape index (κ1) is 21.9. The van der Waals surface area contributed by atoms with Crippen LogP contribution in [-0.4, -0.2) is 39.5 Å². The Balaban J connectivity index is 1.56. The predicted molar refractivity (Wildman–Crippen MR) is 123 cm³/mol. The lowest BCUT2D eigenvalue weighted by atomic mass is 10.1. The molecule has 3 aromatic rings. The van der Waals surface area contributed by atoms with Gasteiger partial charge in [0.05, 0.1) is 12.3 Å². The molecule has 0 aliphatic carbocycles. The molecule has 0 amide bonds. The third-order valence-electron chi connectivity index (χ3n) is 4.82. The standard InChI is InChI=1S/C22H29N5O2S/c1-3-24-22(25-13-12-19-15-26-21-7-5-4-6-20(19)21)27-14-17-8-10-18(11-9-17)16-30(28,29)23-2/h4-11,15,23,26H,3,12-14,16H2,1-2H3,(H2,24,25,27). The number of nitrogens with zero attached hydrogens (tertiary/aromatic N) is 1. The molecule has 0 saturated carbocycles. The number of aromatic amines is 1. The van der Waals surface area contributed by atoms with Crippen molar-refractivity contribution in [1.82, 2.24) is 20.3 Å². The van der Waals surface area contributed by atoms with Crippen molar-refractivity contribution in [2.45, 2.75) is 25.6 Å². The fraction of sp³-hybridized carbons (Fsp3) is 0.318. The van der Waals surface area contributed by atoms with Crippen molar-refractivity contribution in [3.8, 4) is 0 Å². The summed E-state index contributed by atoms with van der Waals surface area (Å²) < 4.78 is 25.6. The number of para-hydroxylation sites is 1. The molecule has 1 aromatic heterocycles. The molecule has 0 fully saturated rings.